The van der Waals surface area contributed by atoms with Crippen molar-refractivity contribution in [1.29, 1.82) is 0 Å². The molecule has 8 nitrogen and oxygen atoms in total. The van der Waals surface area contributed by atoms with Crippen LogP contribution in [0.4, 0.5) is 0 Å². The predicted molar refractivity (Wildman–Crippen MR) is 102 cm³/mol. The molecule has 0 aliphatic rings. The van der Waals surface area contributed by atoms with Gasteiger partial charge in [0.25, 0.3) is 5.91 Å². The minimum atomic E-state index is -1.16. The lowest BCUT2D eigenvalue weighted by Gasteiger charge is -2.21. The third-order valence-electron chi connectivity index (χ3n) is 4.05. The monoisotopic (exact) mass is 385 g/mol. The predicted octanol–water partition coefficient (Wildman–Crippen LogP) is 1.03. The van der Waals surface area contributed by atoms with E-state index in [1.807, 2.05) is 30.3 Å². The molecule has 28 heavy (non-hydrogen) atoms. The summed E-state index contributed by atoms with van der Waals surface area (Å²) in [6, 6.07) is 10.3. The molecule has 0 fully saturated rings. The van der Waals surface area contributed by atoms with E-state index in [1.165, 1.54) is 19.5 Å². The molecule has 0 aliphatic carbocycles. The van der Waals surface area contributed by atoms with Crippen molar-refractivity contribution in [3.8, 4) is 0 Å². The summed E-state index contributed by atoms with van der Waals surface area (Å²) >= 11 is 0. The molecule has 148 valence electrons. The van der Waals surface area contributed by atoms with Crippen molar-refractivity contribution in [2.24, 2.45) is 0 Å². The zero-order valence-corrected chi connectivity index (χ0v) is 15.5. The molecular weight excluding hydrogens is 362 g/mol. The van der Waals surface area contributed by atoms with Crippen LogP contribution >= 0.6 is 0 Å². The zero-order chi connectivity index (χ0) is 20.4. The SMILES string of the molecule is COCCC(NC(=O)C(Cc1ccccc1)NC(=O)c1cccnc1)C(=O)O. The smallest absolute Gasteiger partial charge is 0.326 e. The van der Waals surface area contributed by atoms with Gasteiger partial charge in [-0.3, -0.25) is 14.6 Å². The lowest BCUT2D eigenvalue weighted by atomic mass is 10.0. The summed E-state index contributed by atoms with van der Waals surface area (Å²) in [5.74, 6) is -2.21. The molecular formula is C20H23N3O5. The van der Waals surface area contributed by atoms with Gasteiger partial charge in [-0.25, -0.2) is 4.79 Å². The Morgan fingerprint density at radius 3 is 2.43 bits per heavy atom. The lowest BCUT2D eigenvalue weighted by Crippen LogP contribution is -2.52. The Kier molecular flexibility index (Phi) is 8.11. The van der Waals surface area contributed by atoms with Gasteiger partial charge in [-0.05, 0) is 17.7 Å². The van der Waals surface area contributed by atoms with Crippen LogP contribution in [0.2, 0.25) is 0 Å². The summed E-state index contributed by atoms with van der Waals surface area (Å²) < 4.78 is 4.89. The first-order chi connectivity index (χ1) is 13.5. The maximum atomic E-state index is 12.7. The van der Waals surface area contributed by atoms with Crippen molar-refractivity contribution in [1.82, 2.24) is 15.6 Å². The van der Waals surface area contributed by atoms with Crippen LogP contribution in [0.15, 0.2) is 54.9 Å². The third kappa shape index (κ3) is 6.48. The van der Waals surface area contributed by atoms with Gasteiger partial charge in [0.15, 0.2) is 0 Å². The van der Waals surface area contributed by atoms with Crippen LogP contribution in [-0.2, 0) is 20.7 Å². The number of carbonyl (C=O) groups excluding carboxylic acids is 2. The van der Waals surface area contributed by atoms with E-state index in [1.54, 1.807) is 12.1 Å². The summed E-state index contributed by atoms with van der Waals surface area (Å²) in [5.41, 5.74) is 1.14. The van der Waals surface area contributed by atoms with Crippen molar-refractivity contribution in [3.05, 3.63) is 66.0 Å². The molecule has 0 saturated carbocycles. The van der Waals surface area contributed by atoms with Gasteiger partial charge in [-0.15, -0.1) is 0 Å². The molecule has 2 rings (SSSR count). The highest BCUT2D eigenvalue weighted by Gasteiger charge is 2.27. The summed E-state index contributed by atoms with van der Waals surface area (Å²) in [7, 11) is 1.45. The largest absolute Gasteiger partial charge is 0.480 e. The van der Waals surface area contributed by atoms with E-state index in [2.05, 4.69) is 15.6 Å². The van der Waals surface area contributed by atoms with Crippen molar-refractivity contribution in [2.75, 3.05) is 13.7 Å². The number of amides is 2. The summed E-state index contributed by atoms with van der Waals surface area (Å²) in [4.78, 5) is 40.5. The van der Waals surface area contributed by atoms with Gasteiger partial charge >= 0.3 is 5.97 Å². The molecule has 1 aromatic heterocycles. The Morgan fingerprint density at radius 2 is 1.82 bits per heavy atom. The minimum Gasteiger partial charge on any atom is -0.480 e. The number of carbonyl (C=O) groups is 3. The molecule has 2 aromatic rings. The van der Waals surface area contributed by atoms with Gasteiger partial charge in [-0.1, -0.05) is 30.3 Å². The number of benzene rings is 1. The standard InChI is InChI=1S/C20H23N3O5/c1-28-11-9-16(20(26)27)22-19(25)17(12-14-6-3-2-4-7-14)23-18(24)15-8-5-10-21-13-15/h2-8,10,13,16-17H,9,11-12H2,1H3,(H,22,25)(H,23,24)(H,26,27). The van der Waals surface area contributed by atoms with E-state index in [-0.39, 0.29) is 19.4 Å². The van der Waals surface area contributed by atoms with Gasteiger partial charge in [0.2, 0.25) is 5.91 Å². The fourth-order valence-electron chi connectivity index (χ4n) is 2.56. The van der Waals surface area contributed by atoms with Crippen LogP contribution in [0.1, 0.15) is 22.3 Å². The highest BCUT2D eigenvalue weighted by molar-refractivity contribution is 5.98. The van der Waals surface area contributed by atoms with E-state index < -0.39 is 29.9 Å². The Hall–Kier alpha value is -3.26. The molecule has 1 aromatic carbocycles. The number of hydrogen-bond donors (Lipinski definition) is 3. The van der Waals surface area contributed by atoms with Crippen molar-refractivity contribution in [2.45, 2.75) is 24.9 Å². The summed E-state index contributed by atoms with van der Waals surface area (Å²) in [6.45, 7) is 0.183. The number of carboxylic acids is 1. The maximum Gasteiger partial charge on any atom is 0.326 e. The molecule has 0 aliphatic heterocycles. The second-order valence-corrected chi connectivity index (χ2v) is 6.14. The highest BCUT2D eigenvalue weighted by atomic mass is 16.5. The quantitative estimate of drug-likeness (QED) is 0.562. The van der Waals surface area contributed by atoms with Gasteiger partial charge in [0, 0.05) is 39.0 Å². The normalized spacial score (nSPS) is 12.6. The van der Waals surface area contributed by atoms with Crippen LogP contribution in [0, 0.1) is 0 Å². The maximum absolute atomic E-state index is 12.7. The van der Waals surface area contributed by atoms with E-state index in [0.29, 0.717) is 5.56 Å². The molecule has 0 spiro atoms. The average molecular weight is 385 g/mol. The Morgan fingerprint density at radius 1 is 1.07 bits per heavy atom. The van der Waals surface area contributed by atoms with E-state index >= 15 is 0 Å². The van der Waals surface area contributed by atoms with Crippen molar-refractivity contribution >= 4 is 17.8 Å². The van der Waals surface area contributed by atoms with Crippen LogP contribution in [0.3, 0.4) is 0 Å². The molecule has 0 saturated heterocycles. The van der Waals surface area contributed by atoms with Crippen molar-refractivity contribution in [3.63, 3.8) is 0 Å². The molecule has 0 bridgehead atoms. The first-order valence-corrected chi connectivity index (χ1v) is 8.78. The van der Waals surface area contributed by atoms with Crippen LogP contribution in [-0.4, -0.2) is 53.7 Å². The fourth-order valence-corrected chi connectivity index (χ4v) is 2.56. The highest BCUT2D eigenvalue weighted by Crippen LogP contribution is 2.06. The van der Waals surface area contributed by atoms with E-state index in [4.69, 9.17) is 4.74 Å². The second-order valence-electron chi connectivity index (χ2n) is 6.14. The Labute approximate surface area is 162 Å². The summed E-state index contributed by atoms with van der Waals surface area (Å²) in [5, 5.41) is 14.5. The molecule has 2 amide bonds. The molecule has 1 heterocycles. The molecule has 3 N–H and O–H groups in total. The van der Waals surface area contributed by atoms with Gasteiger partial charge < -0.3 is 20.5 Å². The molecule has 8 heteroatoms. The molecule has 0 radical (unpaired) electrons. The minimum absolute atomic E-state index is 0.117. The Bertz CT molecular complexity index is 783. The van der Waals surface area contributed by atoms with E-state index in [9.17, 15) is 19.5 Å². The number of carboxylic acid groups (broad SMARTS) is 1. The zero-order valence-electron chi connectivity index (χ0n) is 15.5. The molecule has 2 unspecified atom stereocenters. The number of pyridine rings is 1. The first kappa shape index (κ1) is 21.0. The number of rotatable bonds is 10. The Balaban J connectivity index is 2.15. The number of nitrogens with one attached hydrogen (secondary N) is 2. The number of ether oxygens (including phenoxy) is 1. The topological polar surface area (TPSA) is 118 Å². The van der Waals surface area contributed by atoms with Crippen LogP contribution in [0.5, 0.6) is 0 Å². The van der Waals surface area contributed by atoms with Gasteiger partial charge in [0.1, 0.15) is 12.1 Å². The number of aliphatic carboxylic acids is 1. The lowest BCUT2D eigenvalue weighted by molar-refractivity contribution is -0.142. The number of methoxy groups -OCH3 is 1. The average Bonchev–Trinajstić information content (AvgIpc) is 2.71. The number of nitrogens with zero attached hydrogens (tertiary/aromatic N) is 1. The number of aromatic nitrogens is 1. The van der Waals surface area contributed by atoms with E-state index in [0.717, 1.165) is 5.56 Å². The van der Waals surface area contributed by atoms with Crippen LogP contribution < -0.4 is 10.6 Å². The molecule has 2 atom stereocenters. The van der Waals surface area contributed by atoms with Gasteiger partial charge in [0.05, 0.1) is 5.56 Å². The summed E-state index contributed by atoms with van der Waals surface area (Å²) in [6.07, 6.45) is 3.27. The first-order valence-electron chi connectivity index (χ1n) is 8.78. The number of hydrogen-bond acceptors (Lipinski definition) is 5. The fraction of sp³-hybridized carbons (Fsp3) is 0.300. The van der Waals surface area contributed by atoms with Crippen molar-refractivity contribution < 1.29 is 24.2 Å². The second kappa shape index (κ2) is 10.8. The van der Waals surface area contributed by atoms with Crippen LogP contribution in [0.25, 0.3) is 0 Å². The van der Waals surface area contributed by atoms with Gasteiger partial charge in [-0.2, -0.15) is 0 Å². The third-order valence-corrected chi connectivity index (χ3v) is 4.05.